The van der Waals surface area contributed by atoms with Gasteiger partial charge in [0.2, 0.25) is 0 Å². The van der Waals surface area contributed by atoms with Crippen LogP contribution in [0.15, 0.2) is 10.7 Å². The van der Waals surface area contributed by atoms with Crippen molar-refractivity contribution in [2.45, 2.75) is 19.3 Å². The van der Waals surface area contributed by atoms with E-state index in [1.54, 1.807) is 0 Å². The fraction of sp³-hybridized carbons (Fsp3) is 0.600. The van der Waals surface area contributed by atoms with E-state index in [1.165, 1.54) is 32.2 Å². The van der Waals surface area contributed by atoms with E-state index in [9.17, 15) is 4.79 Å². The molecule has 0 atom stereocenters. The van der Waals surface area contributed by atoms with Crippen LogP contribution in [-0.4, -0.2) is 35.8 Å². The number of hydrogen-bond acceptors (Lipinski definition) is 4. The first-order valence-electron chi connectivity index (χ1n) is 5.00. The Labute approximate surface area is 82.9 Å². The second-order valence-electron chi connectivity index (χ2n) is 3.58. The number of nitrogens with zero attached hydrogens (tertiary/aromatic N) is 2. The Balaban J connectivity index is 1.81. The van der Waals surface area contributed by atoms with Gasteiger partial charge in [0.25, 0.3) is 0 Å². The highest BCUT2D eigenvalue weighted by Crippen LogP contribution is 2.08. The van der Waals surface area contributed by atoms with Crippen LogP contribution >= 0.6 is 0 Å². The van der Waals surface area contributed by atoms with E-state index < -0.39 is 0 Å². The van der Waals surface area contributed by atoms with E-state index in [4.69, 9.17) is 4.42 Å². The van der Waals surface area contributed by atoms with E-state index in [0.717, 1.165) is 13.0 Å². The topological polar surface area (TPSA) is 46.3 Å². The third-order valence-electron chi connectivity index (χ3n) is 2.53. The van der Waals surface area contributed by atoms with Crippen LogP contribution in [0.3, 0.4) is 0 Å². The maximum absolute atomic E-state index is 10.3. The minimum atomic E-state index is 0.390. The predicted octanol–water partition coefficient (Wildman–Crippen LogP) is 1.13. The molecule has 1 aliphatic heterocycles. The number of hydrogen-bond donors (Lipinski definition) is 0. The van der Waals surface area contributed by atoms with Gasteiger partial charge in [0.05, 0.1) is 0 Å². The molecule has 4 nitrogen and oxygen atoms in total. The highest BCUT2D eigenvalue weighted by atomic mass is 16.3. The first-order chi connectivity index (χ1) is 6.88. The van der Waals surface area contributed by atoms with Crippen molar-refractivity contribution in [3.8, 4) is 0 Å². The molecule has 0 saturated carbocycles. The van der Waals surface area contributed by atoms with E-state index in [-0.39, 0.29) is 0 Å². The minimum Gasteiger partial charge on any atom is -0.448 e. The average Bonchev–Trinajstić information content (AvgIpc) is 2.86. The second kappa shape index (κ2) is 4.37. The van der Waals surface area contributed by atoms with Crippen molar-refractivity contribution in [3.05, 3.63) is 17.8 Å². The Morgan fingerprint density at radius 3 is 2.93 bits per heavy atom. The van der Waals surface area contributed by atoms with Gasteiger partial charge in [0.15, 0.2) is 12.2 Å². The molecule has 0 aromatic carbocycles. The fourth-order valence-corrected chi connectivity index (χ4v) is 1.75. The molecular formula is C10H14N2O2. The zero-order valence-electron chi connectivity index (χ0n) is 8.11. The van der Waals surface area contributed by atoms with Crippen LogP contribution in [0.1, 0.15) is 29.2 Å². The van der Waals surface area contributed by atoms with Crippen LogP contribution in [0.5, 0.6) is 0 Å². The molecule has 4 heteroatoms. The van der Waals surface area contributed by atoms with Crippen LogP contribution in [0, 0.1) is 0 Å². The van der Waals surface area contributed by atoms with Gasteiger partial charge in [0.1, 0.15) is 12.0 Å². The standard InChI is InChI=1S/C10H14N2O2/c13-7-9-8-14-10(11-9)3-6-12-4-1-2-5-12/h7-8H,1-6H2. The van der Waals surface area contributed by atoms with Gasteiger partial charge in [-0.25, -0.2) is 4.98 Å². The van der Waals surface area contributed by atoms with Gasteiger partial charge in [0, 0.05) is 13.0 Å². The SMILES string of the molecule is O=Cc1coc(CCN2CCCC2)n1. The monoisotopic (exact) mass is 194 g/mol. The Kier molecular flexibility index (Phi) is 2.93. The molecule has 1 aliphatic rings. The van der Waals surface area contributed by atoms with Gasteiger partial charge >= 0.3 is 0 Å². The van der Waals surface area contributed by atoms with Crippen molar-refractivity contribution in [2.24, 2.45) is 0 Å². The molecule has 1 fully saturated rings. The van der Waals surface area contributed by atoms with Crippen LogP contribution in [-0.2, 0) is 6.42 Å². The summed E-state index contributed by atoms with van der Waals surface area (Å²) in [5.74, 6) is 0.666. The van der Waals surface area contributed by atoms with E-state index in [2.05, 4.69) is 9.88 Å². The number of rotatable bonds is 4. The largest absolute Gasteiger partial charge is 0.448 e. The summed E-state index contributed by atoms with van der Waals surface area (Å²) in [5.41, 5.74) is 0.390. The van der Waals surface area contributed by atoms with Gasteiger partial charge in [-0.2, -0.15) is 0 Å². The van der Waals surface area contributed by atoms with Crippen molar-refractivity contribution >= 4 is 6.29 Å². The molecule has 0 aliphatic carbocycles. The first-order valence-corrected chi connectivity index (χ1v) is 5.00. The van der Waals surface area contributed by atoms with Gasteiger partial charge in [-0.3, -0.25) is 4.79 Å². The Morgan fingerprint density at radius 1 is 1.50 bits per heavy atom. The Bertz CT molecular complexity index is 303. The summed E-state index contributed by atoms with van der Waals surface area (Å²) >= 11 is 0. The molecule has 2 rings (SSSR count). The number of aldehydes is 1. The summed E-state index contributed by atoms with van der Waals surface area (Å²) in [5, 5.41) is 0. The number of oxazole rings is 1. The lowest BCUT2D eigenvalue weighted by Gasteiger charge is -2.11. The molecule has 76 valence electrons. The molecule has 1 saturated heterocycles. The number of carbonyl (C=O) groups excluding carboxylic acids is 1. The lowest BCUT2D eigenvalue weighted by Crippen LogP contribution is -2.22. The molecule has 0 N–H and O–H groups in total. The Morgan fingerprint density at radius 2 is 2.29 bits per heavy atom. The molecule has 0 radical (unpaired) electrons. The molecule has 2 heterocycles. The molecule has 0 unspecified atom stereocenters. The van der Waals surface area contributed by atoms with E-state index in [0.29, 0.717) is 17.9 Å². The molecule has 14 heavy (non-hydrogen) atoms. The molecule has 0 bridgehead atoms. The number of aromatic nitrogens is 1. The van der Waals surface area contributed by atoms with Crippen LogP contribution in [0.4, 0.5) is 0 Å². The van der Waals surface area contributed by atoms with Crippen molar-refractivity contribution in [1.82, 2.24) is 9.88 Å². The van der Waals surface area contributed by atoms with Crippen molar-refractivity contribution < 1.29 is 9.21 Å². The highest BCUT2D eigenvalue weighted by Gasteiger charge is 2.12. The summed E-state index contributed by atoms with van der Waals surface area (Å²) in [6.07, 6.45) is 5.51. The smallest absolute Gasteiger partial charge is 0.195 e. The lowest BCUT2D eigenvalue weighted by molar-refractivity contribution is 0.111. The molecular weight excluding hydrogens is 180 g/mol. The van der Waals surface area contributed by atoms with Gasteiger partial charge in [-0.1, -0.05) is 0 Å². The highest BCUT2D eigenvalue weighted by molar-refractivity contribution is 5.70. The molecule has 1 aromatic rings. The van der Waals surface area contributed by atoms with E-state index >= 15 is 0 Å². The predicted molar refractivity (Wildman–Crippen MR) is 51.3 cm³/mol. The number of carbonyl (C=O) groups is 1. The quantitative estimate of drug-likeness (QED) is 0.674. The molecule has 0 amide bonds. The zero-order chi connectivity index (χ0) is 9.80. The van der Waals surface area contributed by atoms with E-state index in [1.807, 2.05) is 0 Å². The maximum Gasteiger partial charge on any atom is 0.195 e. The second-order valence-corrected chi connectivity index (χ2v) is 3.58. The van der Waals surface area contributed by atoms with Crippen molar-refractivity contribution in [2.75, 3.05) is 19.6 Å². The fourth-order valence-electron chi connectivity index (χ4n) is 1.75. The summed E-state index contributed by atoms with van der Waals surface area (Å²) in [6.45, 7) is 3.35. The van der Waals surface area contributed by atoms with Crippen molar-refractivity contribution in [1.29, 1.82) is 0 Å². The first kappa shape index (κ1) is 9.40. The zero-order valence-corrected chi connectivity index (χ0v) is 8.11. The maximum atomic E-state index is 10.3. The third-order valence-corrected chi connectivity index (χ3v) is 2.53. The van der Waals surface area contributed by atoms with Crippen LogP contribution in [0.25, 0.3) is 0 Å². The molecule has 0 spiro atoms. The molecule has 1 aromatic heterocycles. The van der Waals surface area contributed by atoms with Gasteiger partial charge in [-0.05, 0) is 25.9 Å². The van der Waals surface area contributed by atoms with Gasteiger partial charge in [-0.15, -0.1) is 0 Å². The summed E-state index contributed by atoms with van der Waals surface area (Å²) in [4.78, 5) is 16.8. The van der Waals surface area contributed by atoms with Gasteiger partial charge < -0.3 is 9.32 Å². The minimum absolute atomic E-state index is 0.390. The summed E-state index contributed by atoms with van der Waals surface area (Å²) < 4.78 is 5.15. The normalized spacial score (nSPS) is 17.4. The average molecular weight is 194 g/mol. The van der Waals surface area contributed by atoms with Crippen LogP contribution in [0.2, 0.25) is 0 Å². The van der Waals surface area contributed by atoms with Crippen LogP contribution < -0.4 is 0 Å². The lowest BCUT2D eigenvalue weighted by atomic mass is 10.4. The van der Waals surface area contributed by atoms with Crippen molar-refractivity contribution in [3.63, 3.8) is 0 Å². The summed E-state index contributed by atoms with van der Waals surface area (Å²) in [7, 11) is 0. The Hall–Kier alpha value is -1.16. The third kappa shape index (κ3) is 2.20. The summed E-state index contributed by atoms with van der Waals surface area (Å²) in [6, 6.07) is 0. The number of likely N-dealkylation sites (tertiary alicyclic amines) is 1.